The van der Waals surface area contributed by atoms with Gasteiger partial charge in [0, 0.05) is 12.0 Å². The topological polar surface area (TPSA) is 55.4 Å². The lowest BCUT2D eigenvalue weighted by molar-refractivity contribution is -0.122. The molecule has 0 fully saturated rings. The molecule has 0 saturated heterocycles. The maximum Gasteiger partial charge on any atom is 0.265 e. The molecule has 1 aromatic carbocycles. The molecule has 0 saturated carbocycles. The number of ketones is 1. The van der Waals surface area contributed by atoms with E-state index in [1.165, 1.54) is 0 Å². The maximum atomic E-state index is 12.1. The zero-order valence-electron chi connectivity index (χ0n) is 11.5. The Morgan fingerprint density at radius 1 is 1.47 bits per heavy atom. The van der Waals surface area contributed by atoms with Crippen molar-refractivity contribution in [3.8, 4) is 5.75 Å². The van der Waals surface area contributed by atoms with E-state index < -0.39 is 6.10 Å². The Labute approximate surface area is 113 Å². The highest BCUT2D eigenvalue weighted by Gasteiger charge is 2.24. The first kappa shape index (κ1) is 13.6. The lowest BCUT2D eigenvalue weighted by atomic mass is 9.97. The summed E-state index contributed by atoms with van der Waals surface area (Å²) in [6.07, 6.45) is 1.02. The molecular weight excluding hydrogens is 242 g/mol. The van der Waals surface area contributed by atoms with Crippen LogP contribution in [0.5, 0.6) is 5.75 Å². The van der Waals surface area contributed by atoms with Crippen LogP contribution in [-0.2, 0) is 4.79 Å². The van der Waals surface area contributed by atoms with Gasteiger partial charge in [-0.1, -0.05) is 20.3 Å². The second-order valence-corrected chi connectivity index (χ2v) is 5.10. The van der Waals surface area contributed by atoms with Crippen LogP contribution < -0.4 is 10.1 Å². The normalized spacial score (nSPS) is 19.1. The zero-order chi connectivity index (χ0) is 14.0. The number of rotatable bonds is 4. The summed E-state index contributed by atoms with van der Waals surface area (Å²) < 4.78 is 5.46. The van der Waals surface area contributed by atoms with Crippen LogP contribution in [0.25, 0.3) is 0 Å². The molecule has 4 nitrogen and oxygen atoms in total. The van der Waals surface area contributed by atoms with E-state index in [2.05, 4.69) is 19.2 Å². The highest BCUT2D eigenvalue weighted by atomic mass is 16.5. The van der Waals surface area contributed by atoms with E-state index in [1.807, 2.05) is 0 Å². The highest BCUT2D eigenvalue weighted by molar-refractivity contribution is 6.01. The van der Waals surface area contributed by atoms with Gasteiger partial charge in [0.2, 0.25) is 0 Å². The summed E-state index contributed by atoms with van der Waals surface area (Å²) in [5, 5.41) is 2.76. The Kier molecular flexibility index (Phi) is 3.88. The Bertz CT molecular complexity index is 510. The van der Waals surface area contributed by atoms with Gasteiger partial charge in [0.1, 0.15) is 5.75 Å². The average molecular weight is 261 g/mol. The number of nitrogens with one attached hydrogen (secondary N) is 1. The zero-order valence-corrected chi connectivity index (χ0v) is 11.5. The fourth-order valence-electron chi connectivity index (χ4n) is 1.96. The Balaban J connectivity index is 2.19. The van der Waals surface area contributed by atoms with E-state index in [0.717, 1.165) is 6.42 Å². The first-order valence-electron chi connectivity index (χ1n) is 6.66. The molecule has 1 aliphatic rings. The van der Waals surface area contributed by atoms with Gasteiger partial charge in [-0.05, 0) is 31.0 Å². The summed E-state index contributed by atoms with van der Waals surface area (Å²) >= 11 is 0. The molecule has 0 radical (unpaired) electrons. The fourth-order valence-corrected chi connectivity index (χ4v) is 1.96. The van der Waals surface area contributed by atoms with Gasteiger partial charge in [-0.3, -0.25) is 9.59 Å². The molecule has 0 bridgehead atoms. The smallest absolute Gasteiger partial charge is 0.265 e. The van der Waals surface area contributed by atoms with Crippen molar-refractivity contribution in [2.45, 2.75) is 39.7 Å². The van der Waals surface area contributed by atoms with Crippen molar-refractivity contribution in [3.05, 3.63) is 23.8 Å². The summed E-state index contributed by atoms with van der Waals surface area (Å²) in [6.45, 7) is 5.82. The van der Waals surface area contributed by atoms with Crippen molar-refractivity contribution in [2.75, 3.05) is 5.32 Å². The van der Waals surface area contributed by atoms with Crippen LogP contribution in [0.1, 0.15) is 44.0 Å². The van der Waals surface area contributed by atoms with Gasteiger partial charge in [-0.25, -0.2) is 0 Å². The number of anilines is 1. The van der Waals surface area contributed by atoms with Gasteiger partial charge >= 0.3 is 0 Å². The predicted octanol–water partition coefficient (Wildman–Crippen LogP) is 3.02. The molecule has 2 atom stereocenters. The summed E-state index contributed by atoms with van der Waals surface area (Å²) in [7, 11) is 0. The number of hydrogen-bond acceptors (Lipinski definition) is 3. The molecule has 1 aliphatic heterocycles. The minimum atomic E-state index is -0.492. The molecule has 1 heterocycles. The van der Waals surface area contributed by atoms with Crippen LogP contribution in [0.2, 0.25) is 0 Å². The quantitative estimate of drug-likeness (QED) is 0.848. The van der Waals surface area contributed by atoms with Gasteiger partial charge in [0.05, 0.1) is 5.69 Å². The molecule has 2 unspecified atom stereocenters. The Morgan fingerprint density at radius 3 is 2.89 bits per heavy atom. The first-order chi connectivity index (χ1) is 9.01. The van der Waals surface area contributed by atoms with E-state index in [1.54, 1.807) is 25.1 Å². The van der Waals surface area contributed by atoms with E-state index in [4.69, 9.17) is 4.74 Å². The molecule has 1 aromatic rings. The van der Waals surface area contributed by atoms with Crippen molar-refractivity contribution in [1.82, 2.24) is 0 Å². The third-order valence-corrected chi connectivity index (χ3v) is 3.46. The third-order valence-electron chi connectivity index (χ3n) is 3.46. The van der Waals surface area contributed by atoms with Crippen molar-refractivity contribution in [3.63, 3.8) is 0 Å². The van der Waals surface area contributed by atoms with Crippen LogP contribution in [0.3, 0.4) is 0 Å². The molecule has 0 aliphatic carbocycles. The molecule has 0 spiro atoms. The van der Waals surface area contributed by atoms with E-state index >= 15 is 0 Å². The van der Waals surface area contributed by atoms with Crippen LogP contribution in [0.4, 0.5) is 5.69 Å². The minimum Gasteiger partial charge on any atom is -0.479 e. The van der Waals surface area contributed by atoms with Gasteiger partial charge in [-0.15, -0.1) is 0 Å². The van der Waals surface area contributed by atoms with Gasteiger partial charge < -0.3 is 10.1 Å². The molecule has 19 heavy (non-hydrogen) atoms. The summed E-state index contributed by atoms with van der Waals surface area (Å²) in [5.74, 6) is 0.908. The van der Waals surface area contributed by atoms with Crippen molar-refractivity contribution < 1.29 is 14.3 Å². The standard InChI is InChI=1S/C15H19NO3/c1-4-9(2)7-13(17)11-5-6-14-12(8-11)16-15(18)10(3)19-14/h5-6,8-10H,4,7H2,1-3H3,(H,16,18). The summed E-state index contributed by atoms with van der Waals surface area (Å²) in [4.78, 5) is 23.6. The van der Waals surface area contributed by atoms with Gasteiger partial charge in [0.25, 0.3) is 5.91 Å². The van der Waals surface area contributed by atoms with Crippen molar-refractivity contribution in [1.29, 1.82) is 0 Å². The number of benzene rings is 1. The number of carbonyl (C=O) groups is 2. The van der Waals surface area contributed by atoms with E-state index in [9.17, 15) is 9.59 Å². The Hall–Kier alpha value is -1.84. The first-order valence-corrected chi connectivity index (χ1v) is 6.66. The number of hydrogen-bond donors (Lipinski definition) is 1. The third kappa shape index (κ3) is 2.95. The second-order valence-electron chi connectivity index (χ2n) is 5.10. The fraction of sp³-hybridized carbons (Fsp3) is 0.467. The average Bonchev–Trinajstić information content (AvgIpc) is 2.39. The van der Waals surface area contributed by atoms with Crippen LogP contribution in [0, 0.1) is 5.92 Å². The monoisotopic (exact) mass is 261 g/mol. The van der Waals surface area contributed by atoms with Crippen LogP contribution >= 0.6 is 0 Å². The largest absolute Gasteiger partial charge is 0.479 e. The second kappa shape index (κ2) is 5.43. The lowest BCUT2D eigenvalue weighted by Gasteiger charge is -2.23. The van der Waals surface area contributed by atoms with E-state index in [0.29, 0.717) is 29.3 Å². The predicted molar refractivity (Wildman–Crippen MR) is 73.6 cm³/mol. The molecule has 1 N–H and O–H groups in total. The van der Waals surface area contributed by atoms with Crippen molar-refractivity contribution in [2.24, 2.45) is 5.92 Å². The lowest BCUT2D eigenvalue weighted by Crippen LogP contribution is -2.34. The molecule has 1 amide bonds. The van der Waals surface area contributed by atoms with E-state index in [-0.39, 0.29) is 11.7 Å². The number of Topliss-reactive ketones (excluding diaryl/α,β-unsaturated/α-hetero) is 1. The molecule has 0 aromatic heterocycles. The number of ether oxygens (including phenoxy) is 1. The molecule has 102 valence electrons. The minimum absolute atomic E-state index is 0.102. The number of carbonyl (C=O) groups excluding carboxylic acids is 2. The number of amides is 1. The van der Waals surface area contributed by atoms with Crippen LogP contribution in [0.15, 0.2) is 18.2 Å². The van der Waals surface area contributed by atoms with Gasteiger partial charge in [0.15, 0.2) is 11.9 Å². The van der Waals surface area contributed by atoms with Crippen molar-refractivity contribution >= 4 is 17.4 Å². The van der Waals surface area contributed by atoms with Gasteiger partial charge in [-0.2, -0.15) is 0 Å². The SMILES string of the molecule is CCC(C)CC(=O)c1ccc2c(c1)NC(=O)C(C)O2. The number of fused-ring (bicyclic) bond motifs is 1. The summed E-state index contributed by atoms with van der Waals surface area (Å²) in [6, 6.07) is 5.20. The highest BCUT2D eigenvalue weighted by Crippen LogP contribution is 2.31. The van der Waals surface area contributed by atoms with Crippen LogP contribution in [-0.4, -0.2) is 17.8 Å². The maximum absolute atomic E-state index is 12.1. The molecular formula is C15H19NO3. The molecule has 4 heteroatoms. The summed E-state index contributed by atoms with van der Waals surface area (Å²) in [5.41, 5.74) is 1.20. The molecule has 2 rings (SSSR count). The Morgan fingerprint density at radius 2 is 2.21 bits per heavy atom.